The molecule has 170 valence electrons. The predicted molar refractivity (Wildman–Crippen MR) is 133 cm³/mol. The third-order valence-corrected chi connectivity index (χ3v) is 7.52. The number of benzene rings is 3. The normalized spacial score (nSPS) is 20.1. The smallest absolute Gasteiger partial charge is 0.261 e. The minimum atomic E-state index is -0.0541. The molecule has 7 rings (SSSR count). The van der Waals surface area contributed by atoms with E-state index in [9.17, 15) is 9.59 Å². The van der Waals surface area contributed by atoms with Gasteiger partial charge in [-0.1, -0.05) is 60.7 Å². The number of hydrogen-bond acceptors (Lipinski definition) is 3. The monoisotopic (exact) mass is 449 g/mol. The van der Waals surface area contributed by atoms with Crippen LogP contribution in [0.1, 0.15) is 53.4 Å². The van der Waals surface area contributed by atoms with E-state index in [1.165, 1.54) is 22.3 Å². The molecular formula is C29H27N3O2. The maximum atomic E-state index is 12.7. The summed E-state index contributed by atoms with van der Waals surface area (Å²) in [7, 11) is 0. The Bertz CT molecular complexity index is 1390. The van der Waals surface area contributed by atoms with Crippen LogP contribution in [0.4, 0.5) is 0 Å². The lowest BCUT2D eigenvalue weighted by Crippen LogP contribution is -2.39. The Hall–Kier alpha value is -3.73. The van der Waals surface area contributed by atoms with Crippen molar-refractivity contribution in [2.24, 2.45) is 5.92 Å². The fraction of sp³-hybridized carbons (Fsp3) is 0.276. The topological polar surface area (TPSA) is 64.0 Å². The molecule has 34 heavy (non-hydrogen) atoms. The van der Waals surface area contributed by atoms with Crippen LogP contribution in [0, 0.1) is 5.92 Å². The molecule has 4 aromatic rings. The molecule has 0 saturated heterocycles. The Labute approximate surface area is 198 Å². The van der Waals surface area contributed by atoms with Crippen LogP contribution in [0.3, 0.4) is 0 Å². The summed E-state index contributed by atoms with van der Waals surface area (Å²) in [5.74, 6) is 1.18. The van der Waals surface area contributed by atoms with Crippen molar-refractivity contribution in [3.05, 3.63) is 112 Å². The molecule has 1 unspecified atom stereocenters. The number of amides is 1. The van der Waals surface area contributed by atoms with Crippen molar-refractivity contribution in [3.8, 4) is 0 Å². The Balaban J connectivity index is 1.10. The Morgan fingerprint density at radius 1 is 0.912 bits per heavy atom. The second-order valence-electron chi connectivity index (χ2n) is 9.45. The quantitative estimate of drug-likeness (QED) is 0.468. The number of aromatic nitrogens is 2. The van der Waals surface area contributed by atoms with Gasteiger partial charge in [-0.05, 0) is 53.1 Å². The summed E-state index contributed by atoms with van der Waals surface area (Å²) in [4.78, 5) is 29.6. The van der Waals surface area contributed by atoms with E-state index in [1.807, 2.05) is 18.2 Å². The largest absolute Gasteiger partial charge is 0.356 e. The fourth-order valence-corrected chi connectivity index (χ4v) is 5.97. The summed E-state index contributed by atoms with van der Waals surface area (Å²) in [6.07, 6.45) is 3.65. The third-order valence-electron chi connectivity index (χ3n) is 7.52. The number of hydrogen-bond donors (Lipinski definition) is 1. The third kappa shape index (κ3) is 3.52. The zero-order chi connectivity index (χ0) is 23.1. The average molecular weight is 450 g/mol. The van der Waals surface area contributed by atoms with Crippen molar-refractivity contribution in [1.82, 2.24) is 14.9 Å². The van der Waals surface area contributed by atoms with Gasteiger partial charge < -0.3 is 5.32 Å². The summed E-state index contributed by atoms with van der Waals surface area (Å²) in [6, 6.07) is 24.9. The number of aryl methyl sites for hydroxylation is 1. The molecule has 1 amide bonds. The maximum Gasteiger partial charge on any atom is 0.261 e. The van der Waals surface area contributed by atoms with E-state index >= 15 is 0 Å². The second-order valence-corrected chi connectivity index (χ2v) is 9.45. The van der Waals surface area contributed by atoms with Crippen LogP contribution >= 0.6 is 0 Å². The molecule has 1 heterocycles. The summed E-state index contributed by atoms with van der Waals surface area (Å²) >= 11 is 0. The first-order valence-corrected chi connectivity index (χ1v) is 12.1. The average Bonchev–Trinajstić information content (AvgIpc) is 2.89. The maximum absolute atomic E-state index is 12.7. The van der Waals surface area contributed by atoms with Gasteiger partial charge in [0.05, 0.1) is 17.2 Å². The molecule has 0 saturated carbocycles. The van der Waals surface area contributed by atoms with E-state index in [-0.39, 0.29) is 11.5 Å². The van der Waals surface area contributed by atoms with Crippen molar-refractivity contribution in [3.63, 3.8) is 0 Å². The van der Waals surface area contributed by atoms with E-state index in [4.69, 9.17) is 0 Å². The highest BCUT2D eigenvalue weighted by Gasteiger charge is 2.42. The highest BCUT2D eigenvalue weighted by Crippen LogP contribution is 2.55. The lowest BCUT2D eigenvalue weighted by Gasteiger charge is -2.45. The van der Waals surface area contributed by atoms with Crippen LogP contribution in [0.5, 0.6) is 0 Å². The molecule has 1 atom stereocenters. The van der Waals surface area contributed by atoms with Gasteiger partial charge in [-0.15, -0.1) is 0 Å². The van der Waals surface area contributed by atoms with E-state index in [0.717, 1.165) is 6.42 Å². The molecule has 5 nitrogen and oxygen atoms in total. The van der Waals surface area contributed by atoms with Crippen LogP contribution in [-0.4, -0.2) is 22.0 Å². The molecule has 2 bridgehead atoms. The van der Waals surface area contributed by atoms with Gasteiger partial charge in [0.1, 0.15) is 0 Å². The van der Waals surface area contributed by atoms with Crippen molar-refractivity contribution in [2.45, 2.75) is 37.6 Å². The van der Waals surface area contributed by atoms with E-state index in [0.29, 0.717) is 54.6 Å². The number of carbonyl (C=O) groups is 1. The second kappa shape index (κ2) is 8.56. The summed E-state index contributed by atoms with van der Waals surface area (Å²) in [5, 5.41) is 3.80. The first-order chi connectivity index (χ1) is 16.7. The van der Waals surface area contributed by atoms with Crippen LogP contribution in [0.2, 0.25) is 0 Å². The van der Waals surface area contributed by atoms with Gasteiger partial charge in [0.15, 0.2) is 0 Å². The molecule has 3 aliphatic carbocycles. The molecule has 3 aliphatic rings. The van der Waals surface area contributed by atoms with Crippen LogP contribution in [0.15, 0.2) is 83.9 Å². The predicted octanol–water partition coefficient (Wildman–Crippen LogP) is 4.59. The fourth-order valence-electron chi connectivity index (χ4n) is 5.97. The summed E-state index contributed by atoms with van der Waals surface area (Å²) < 4.78 is 1.60. The number of rotatable bonds is 6. The number of nitrogens with one attached hydrogen (secondary N) is 1. The SMILES string of the molecule is O=C(CCCn1cnc2ccccc2c1=O)NCC1CC2c3ccccc3C1c1ccccc12. The lowest BCUT2D eigenvalue weighted by molar-refractivity contribution is -0.121. The van der Waals surface area contributed by atoms with Crippen LogP contribution in [-0.2, 0) is 11.3 Å². The zero-order valence-corrected chi connectivity index (χ0v) is 19.0. The van der Waals surface area contributed by atoms with Crippen molar-refractivity contribution in [1.29, 1.82) is 0 Å². The summed E-state index contributed by atoms with van der Waals surface area (Å²) in [6.45, 7) is 1.17. The number of nitrogens with zero attached hydrogens (tertiary/aromatic N) is 2. The van der Waals surface area contributed by atoms with E-state index < -0.39 is 0 Å². The zero-order valence-electron chi connectivity index (χ0n) is 19.0. The standard InChI is InChI=1S/C29H27N3O2/c33-27(14-7-15-32-18-31-26-13-6-5-12-24(26)29(32)34)30-17-19-16-25-20-8-1-3-10-22(20)28(19)23-11-4-2-9-21(23)25/h1-6,8-13,18-19,25,28H,7,14-17H2,(H,30,33). The van der Waals surface area contributed by atoms with E-state index in [2.05, 4.69) is 58.8 Å². The first kappa shape index (κ1) is 20.8. The van der Waals surface area contributed by atoms with Gasteiger partial charge in [-0.25, -0.2) is 4.98 Å². The highest BCUT2D eigenvalue weighted by molar-refractivity contribution is 5.77. The molecule has 3 aromatic carbocycles. The van der Waals surface area contributed by atoms with Gasteiger partial charge in [-0.2, -0.15) is 0 Å². The van der Waals surface area contributed by atoms with Crippen molar-refractivity contribution in [2.75, 3.05) is 6.54 Å². The number of fused-ring (bicyclic) bond motifs is 2. The van der Waals surface area contributed by atoms with Gasteiger partial charge in [0.2, 0.25) is 5.91 Å². The molecular weight excluding hydrogens is 422 g/mol. The molecule has 1 aromatic heterocycles. The lowest BCUT2D eigenvalue weighted by atomic mass is 9.59. The minimum Gasteiger partial charge on any atom is -0.356 e. The van der Waals surface area contributed by atoms with Crippen LogP contribution in [0.25, 0.3) is 10.9 Å². The molecule has 0 radical (unpaired) electrons. The molecule has 0 spiro atoms. The molecule has 1 N–H and O–H groups in total. The molecule has 0 aliphatic heterocycles. The van der Waals surface area contributed by atoms with Crippen molar-refractivity contribution >= 4 is 16.8 Å². The van der Waals surface area contributed by atoms with Gasteiger partial charge in [-0.3, -0.25) is 14.2 Å². The number of para-hydroxylation sites is 1. The van der Waals surface area contributed by atoms with E-state index in [1.54, 1.807) is 17.0 Å². The number of carbonyl (C=O) groups excluding carboxylic acids is 1. The van der Waals surface area contributed by atoms with Gasteiger partial charge in [0.25, 0.3) is 5.56 Å². The van der Waals surface area contributed by atoms with Gasteiger partial charge in [0, 0.05) is 31.3 Å². The highest BCUT2D eigenvalue weighted by atomic mass is 16.1. The first-order valence-electron chi connectivity index (χ1n) is 12.1. The minimum absolute atomic E-state index is 0.0461. The molecule has 5 heteroatoms. The Morgan fingerprint density at radius 3 is 2.29 bits per heavy atom. The Kier molecular flexibility index (Phi) is 5.25. The Morgan fingerprint density at radius 2 is 1.56 bits per heavy atom. The van der Waals surface area contributed by atoms with Crippen LogP contribution < -0.4 is 10.9 Å². The van der Waals surface area contributed by atoms with Crippen molar-refractivity contribution < 1.29 is 4.79 Å². The van der Waals surface area contributed by atoms with Gasteiger partial charge >= 0.3 is 0 Å². The molecule has 0 fully saturated rings. The summed E-state index contributed by atoms with van der Waals surface area (Å²) in [5.41, 5.74) is 6.37.